The second-order valence-corrected chi connectivity index (χ2v) is 14.9. The van der Waals surface area contributed by atoms with Crippen molar-refractivity contribution >= 4 is 63.6 Å². The number of hydrogen-bond donors (Lipinski definition) is 4. The number of benzene rings is 3. The molecule has 2 atom stereocenters. The molecule has 2 aromatic heterocycles. The lowest BCUT2D eigenvalue weighted by molar-refractivity contribution is -0.120. The summed E-state index contributed by atoms with van der Waals surface area (Å²) >= 11 is 21.1. The van der Waals surface area contributed by atoms with Crippen LogP contribution in [0.1, 0.15) is 36.8 Å². The number of carbonyl (C=O) groups is 3. The van der Waals surface area contributed by atoms with Gasteiger partial charge in [-0.2, -0.15) is 0 Å². The highest BCUT2D eigenvalue weighted by Gasteiger charge is 2.27. The number of methoxy groups -OCH3 is 2. The molecule has 12 nitrogen and oxygen atoms in total. The zero-order valence-corrected chi connectivity index (χ0v) is 32.9. The summed E-state index contributed by atoms with van der Waals surface area (Å²) in [6.07, 6.45) is 2.87. The summed E-state index contributed by atoms with van der Waals surface area (Å²) in [5.41, 5.74) is 5.83. The minimum Gasteiger partial charge on any atom is -0.496 e. The van der Waals surface area contributed by atoms with E-state index in [0.717, 1.165) is 17.4 Å². The molecule has 15 heteroatoms. The summed E-state index contributed by atoms with van der Waals surface area (Å²) in [5, 5.41) is 21.1. The first-order valence-corrected chi connectivity index (χ1v) is 19.2. The van der Waals surface area contributed by atoms with E-state index in [1.54, 1.807) is 31.5 Å². The van der Waals surface area contributed by atoms with Crippen LogP contribution in [-0.4, -0.2) is 77.3 Å². The van der Waals surface area contributed by atoms with Crippen LogP contribution >= 0.6 is 34.8 Å². The van der Waals surface area contributed by atoms with Crippen molar-refractivity contribution in [1.29, 1.82) is 0 Å². The van der Waals surface area contributed by atoms with E-state index >= 15 is 0 Å². The van der Waals surface area contributed by atoms with E-state index in [1.165, 1.54) is 12.0 Å². The van der Waals surface area contributed by atoms with Crippen molar-refractivity contribution in [2.45, 2.75) is 50.9 Å². The van der Waals surface area contributed by atoms with E-state index in [4.69, 9.17) is 49.3 Å². The Morgan fingerprint density at radius 2 is 1.62 bits per heavy atom. The first-order valence-electron chi connectivity index (χ1n) is 18.1. The van der Waals surface area contributed by atoms with Crippen LogP contribution in [0.3, 0.4) is 0 Å². The van der Waals surface area contributed by atoms with Gasteiger partial charge in [-0.25, -0.2) is 9.78 Å². The van der Waals surface area contributed by atoms with Crippen LogP contribution in [0.4, 0.5) is 4.79 Å². The van der Waals surface area contributed by atoms with Crippen LogP contribution in [0.15, 0.2) is 66.9 Å². The Kier molecular flexibility index (Phi) is 11.8. The smallest absolute Gasteiger partial charge is 0.407 e. The Morgan fingerprint density at radius 1 is 0.893 bits per heavy atom. The molecule has 0 spiro atoms. The monoisotopic (exact) mass is 816 g/mol. The molecule has 2 aliphatic heterocycles. The molecule has 2 saturated heterocycles. The van der Waals surface area contributed by atoms with Crippen molar-refractivity contribution < 1.29 is 29.0 Å². The third-order valence-electron chi connectivity index (χ3n) is 10.1. The summed E-state index contributed by atoms with van der Waals surface area (Å²) in [4.78, 5) is 46.2. The number of amides is 3. The lowest BCUT2D eigenvalue weighted by atomic mass is 9.98. The number of nitrogens with zero attached hydrogens (tertiary/aromatic N) is 3. The topological polar surface area (TPSA) is 155 Å². The fourth-order valence-electron chi connectivity index (χ4n) is 7.33. The van der Waals surface area contributed by atoms with Gasteiger partial charge >= 0.3 is 6.09 Å². The molecule has 0 aliphatic carbocycles. The molecule has 3 amide bonds. The van der Waals surface area contributed by atoms with Crippen molar-refractivity contribution in [3.8, 4) is 45.1 Å². The number of aromatic nitrogens is 2. The molecule has 0 radical (unpaired) electrons. The van der Waals surface area contributed by atoms with Crippen molar-refractivity contribution in [1.82, 2.24) is 30.8 Å². The Hall–Kier alpha value is -5.14. The van der Waals surface area contributed by atoms with Gasteiger partial charge in [0.15, 0.2) is 0 Å². The van der Waals surface area contributed by atoms with E-state index in [2.05, 4.69) is 20.9 Å². The average molecular weight is 818 g/mol. The highest BCUT2D eigenvalue weighted by atomic mass is 35.5. The lowest BCUT2D eigenvalue weighted by Crippen LogP contribution is -2.41. The molecule has 0 bridgehead atoms. The largest absolute Gasteiger partial charge is 0.496 e. The number of halogens is 3. The summed E-state index contributed by atoms with van der Waals surface area (Å²) in [5.74, 6) is 1.12. The number of pyridine rings is 2. The number of carboxylic acid groups (broad SMARTS) is 1. The number of hydrogen-bond acceptors (Lipinski definition) is 8. The maximum Gasteiger partial charge on any atom is 0.407 e. The maximum absolute atomic E-state index is 12.1. The van der Waals surface area contributed by atoms with E-state index in [9.17, 15) is 19.5 Å². The second kappa shape index (κ2) is 16.9. The third-order valence-corrected chi connectivity index (χ3v) is 11.2. The zero-order chi connectivity index (χ0) is 39.5. The van der Waals surface area contributed by atoms with E-state index in [-0.39, 0.29) is 37.0 Å². The molecule has 7 rings (SSSR count). The van der Waals surface area contributed by atoms with Gasteiger partial charge in [-0.1, -0.05) is 65.1 Å². The molecule has 2 aliphatic rings. The molecule has 0 saturated carbocycles. The summed E-state index contributed by atoms with van der Waals surface area (Å²) in [7, 11) is 3.13. The molecule has 2 unspecified atom stereocenters. The van der Waals surface area contributed by atoms with Crippen molar-refractivity contribution in [2.24, 2.45) is 0 Å². The van der Waals surface area contributed by atoms with Crippen LogP contribution < -0.4 is 25.4 Å². The maximum atomic E-state index is 12.1. The minimum atomic E-state index is -1.10. The average Bonchev–Trinajstić information content (AvgIpc) is 3.81. The van der Waals surface area contributed by atoms with Crippen LogP contribution in [0.2, 0.25) is 15.1 Å². The van der Waals surface area contributed by atoms with Crippen molar-refractivity contribution in [3.63, 3.8) is 0 Å². The highest BCUT2D eigenvalue weighted by molar-refractivity contribution is 6.39. The van der Waals surface area contributed by atoms with Gasteiger partial charge in [0, 0.05) is 89.5 Å². The van der Waals surface area contributed by atoms with Gasteiger partial charge in [0.05, 0.1) is 52.7 Å². The minimum absolute atomic E-state index is 0.0658. The Bertz CT molecular complexity index is 2340. The highest BCUT2D eigenvalue weighted by Crippen LogP contribution is 2.43. The number of ether oxygens (including phenoxy) is 2. The molecule has 290 valence electrons. The number of nitrogens with one attached hydrogen (secondary N) is 3. The first-order chi connectivity index (χ1) is 27.0. The molecular formula is C41H39Cl3N6O6. The standard InChI is InChI=1S/C41H39Cl3N6O6/c1-55-33-17-22(6-7-23(33)20-50(41(53)54)21-26-9-13-35(52)48-26)38-37(44)28(14-15-46-38)27-4-3-5-29(36(27)43)32-11-10-30-39(49-32)31(42)16-24(40(30)56-2)18-45-19-25-8-12-34(51)47-25/h3-7,10-11,14-17,25-26,45H,8-9,12-13,18-21H2,1-2H3,(H,47,51)(H,48,52)(H,53,54). The molecule has 56 heavy (non-hydrogen) atoms. The fourth-order valence-corrected chi connectivity index (χ4v) is 8.25. The zero-order valence-electron chi connectivity index (χ0n) is 30.6. The summed E-state index contributed by atoms with van der Waals surface area (Å²) in [6, 6.07) is 18.3. The molecular weight excluding hydrogens is 779 g/mol. The Morgan fingerprint density at radius 3 is 2.32 bits per heavy atom. The molecule has 4 N–H and O–H groups in total. The van der Waals surface area contributed by atoms with E-state index in [1.807, 2.05) is 42.5 Å². The third kappa shape index (κ3) is 8.20. The summed E-state index contributed by atoms with van der Waals surface area (Å²) < 4.78 is 11.5. The number of fused-ring (bicyclic) bond motifs is 1. The normalized spacial score (nSPS) is 16.5. The van der Waals surface area contributed by atoms with Crippen LogP contribution in [0.25, 0.3) is 44.5 Å². The molecule has 4 heterocycles. The van der Waals surface area contributed by atoms with Gasteiger partial charge in [-0.3, -0.25) is 14.6 Å². The second-order valence-electron chi connectivity index (χ2n) is 13.8. The van der Waals surface area contributed by atoms with Gasteiger partial charge in [0.25, 0.3) is 0 Å². The van der Waals surface area contributed by atoms with Crippen LogP contribution in [0.5, 0.6) is 11.5 Å². The van der Waals surface area contributed by atoms with Gasteiger partial charge in [0.1, 0.15) is 11.5 Å². The first kappa shape index (κ1) is 39.1. The van der Waals surface area contributed by atoms with Gasteiger partial charge in [0.2, 0.25) is 11.8 Å². The van der Waals surface area contributed by atoms with Gasteiger partial charge in [-0.15, -0.1) is 0 Å². The lowest BCUT2D eigenvalue weighted by Gasteiger charge is -2.24. The predicted octanol–water partition coefficient (Wildman–Crippen LogP) is 7.74. The van der Waals surface area contributed by atoms with Crippen molar-refractivity contribution in [3.05, 3.63) is 93.1 Å². The number of rotatable bonds is 13. The molecule has 3 aromatic carbocycles. The van der Waals surface area contributed by atoms with E-state index in [0.29, 0.717) is 104 Å². The van der Waals surface area contributed by atoms with Crippen LogP contribution in [-0.2, 0) is 22.7 Å². The fraction of sp³-hybridized carbons (Fsp3) is 0.293. The van der Waals surface area contributed by atoms with Gasteiger partial charge < -0.3 is 35.4 Å². The quantitative estimate of drug-likeness (QED) is 0.0935. The van der Waals surface area contributed by atoms with Gasteiger partial charge in [-0.05, 0) is 43.2 Å². The SMILES string of the molecule is COc1cc(-c2nccc(-c3cccc(-c4ccc5c(OC)c(CNCC6CCC(=O)N6)cc(Cl)c5n4)c3Cl)c2Cl)ccc1CN(CC1CCC(=O)N1)C(=O)O. The molecule has 2 fully saturated rings. The number of carbonyl (C=O) groups excluding carboxylic acids is 2. The van der Waals surface area contributed by atoms with Crippen LogP contribution in [0, 0.1) is 0 Å². The Labute approximate surface area is 338 Å². The predicted molar refractivity (Wildman–Crippen MR) is 216 cm³/mol. The van der Waals surface area contributed by atoms with Crippen molar-refractivity contribution in [2.75, 3.05) is 27.3 Å². The molecule has 5 aromatic rings. The van der Waals surface area contributed by atoms with E-state index < -0.39 is 6.09 Å². The Balaban J connectivity index is 1.15. The summed E-state index contributed by atoms with van der Waals surface area (Å²) in [6.45, 7) is 1.37.